The first kappa shape index (κ1) is 15.8. The Hall–Kier alpha value is -3.47. The zero-order chi connectivity index (χ0) is 18.2. The number of carbonyl (C=O) groups is 1. The second-order valence-corrected chi connectivity index (χ2v) is 6.97. The van der Waals surface area contributed by atoms with Crippen molar-refractivity contribution in [3.8, 4) is 11.3 Å². The van der Waals surface area contributed by atoms with Gasteiger partial charge in [-0.2, -0.15) is 5.10 Å². The monoisotopic (exact) mass is 354 g/mol. The third kappa shape index (κ3) is 2.97. The summed E-state index contributed by atoms with van der Waals surface area (Å²) in [7, 11) is 0. The van der Waals surface area contributed by atoms with E-state index < -0.39 is 0 Å². The number of anilines is 1. The van der Waals surface area contributed by atoms with Crippen LogP contribution >= 0.6 is 0 Å². The Kier molecular flexibility index (Phi) is 3.71. The SMILES string of the molecule is O=C(Nc1cc(-c2ccncc2)[nH]n1)C1Cc2cc3ccccc3cc2C1. The summed E-state index contributed by atoms with van der Waals surface area (Å²) < 4.78 is 0. The smallest absolute Gasteiger partial charge is 0.229 e. The van der Waals surface area contributed by atoms with E-state index in [-0.39, 0.29) is 11.8 Å². The van der Waals surface area contributed by atoms with Gasteiger partial charge in [-0.15, -0.1) is 0 Å². The van der Waals surface area contributed by atoms with Crippen LogP contribution in [-0.4, -0.2) is 21.1 Å². The van der Waals surface area contributed by atoms with E-state index in [9.17, 15) is 4.79 Å². The van der Waals surface area contributed by atoms with Gasteiger partial charge in [0.05, 0.1) is 5.69 Å². The standard InChI is InChI=1S/C22H18N4O/c27-22(24-21-13-20(25-26-21)14-5-7-23-8-6-14)19-11-17-9-15-3-1-2-4-16(15)10-18(17)12-19/h1-10,13,19H,11-12H2,(H2,24,25,26,27). The van der Waals surface area contributed by atoms with Crippen molar-refractivity contribution in [3.63, 3.8) is 0 Å². The number of rotatable bonds is 3. The van der Waals surface area contributed by atoms with Crippen molar-refractivity contribution in [2.75, 3.05) is 5.32 Å². The first-order valence-corrected chi connectivity index (χ1v) is 9.03. The molecule has 0 saturated carbocycles. The molecular weight excluding hydrogens is 336 g/mol. The maximum Gasteiger partial charge on any atom is 0.229 e. The lowest BCUT2D eigenvalue weighted by atomic mass is 10.0. The average molecular weight is 354 g/mol. The Labute approximate surface area is 156 Å². The molecular formula is C22H18N4O. The third-order valence-electron chi connectivity index (χ3n) is 5.19. The molecule has 0 bridgehead atoms. The second kappa shape index (κ2) is 6.36. The second-order valence-electron chi connectivity index (χ2n) is 6.97. The van der Waals surface area contributed by atoms with E-state index in [1.54, 1.807) is 12.4 Å². The van der Waals surface area contributed by atoms with Crippen molar-refractivity contribution in [2.45, 2.75) is 12.8 Å². The maximum atomic E-state index is 12.7. The normalized spacial score (nSPS) is 13.6. The minimum atomic E-state index is -0.0575. The number of nitrogens with one attached hydrogen (secondary N) is 2. The van der Waals surface area contributed by atoms with Crippen molar-refractivity contribution in [2.24, 2.45) is 5.92 Å². The number of hydrogen-bond donors (Lipinski definition) is 2. The van der Waals surface area contributed by atoms with E-state index in [1.165, 1.54) is 21.9 Å². The first-order chi connectivity index (χ1) is 13.3. The molecule has 0 aliphatic heterocycles. The molecule has 27 heavy (non-hydrogen) atoms. The van der Waals surface area contributed by atoms with Gasteiger partial charge in [-0.3, -0.25) is 14.9 Å². The van der Waals surface area contributed by atoms with E-state index in [2.05, 4.69) is 44.8 Å². The summed E-state index contributed by atoms with van der Waals surface area (Å²) in [6.45, 7) is 0. The summed E-state index contributed by atoms with van der Waals surface area (Å²) in [6, 6.07) is 18.4. The molecule has 5 heteroatoms. The Morgan fingerprint density at radius 3 is 2.30 bits per heavy atom. The van der Waals surface area contributed by atoms with Crippen LogP contribution in [0, 0.1) is 5.92 Å². The molecule has 1 amide bonds. The Morgan fingerprint density at radius 1 is 0.963 bits per heavy atom. The molecule has 5 nitrogen and oxygen atoms in total. The summed E-state index contributed by atoms with van der Waals surface area (Å²) in [5.74, 6) is 0.508. The molecule has 0 unspecified atom stereocenters. The van der Waals surface area contributed by atoms with Gasteiger partial charge in [0.1, 0.15) is 0 Å². The fourth-order valence-corrected chi connectivity index (χ4v) is 3.80. The molecule has 0 spiro atoms. The minimum absolute atomic E-state index is 0.0167. The number of nitrogens with zero attached hydrogens (tertiary/aromatic N) is 2. The largest absolute Gasteiger partial charge is 0.309 e. The number of amides is 1. The lowest BCUT2D eigenvalue weighted by Gasteiger charge is -2.07. The van der Waals surface area contributed by atoms with Crippen molar-refractivity contribution in [1.29, 1.82) is 0 Å². The molecule has 0 radical (unpaired) electrons. The number of hydrogen-bond acceptors (Lipinski definition) is 3. The number of aromatic amines is 1. The molecule has 1 aliphatic carbocycles. The number of aromatic nitrogens is 3. The molecule has 2 aromatic carbocycles. The molecule has 5 rings (SSSR count). The number of carbonyl (C=O) groups excluding carboxylic acids is 1. The predicted octanol–water partition coefficient (Wildman–Crippen LogP) is 3.98. The zero-order valence-corrected chi connectivity index (χ0v) is 14.6. The van der Waals surface area contributed by atoms with Gasteiger partial charge in [0.25, 0.3) is 0 Å². The highest BCUT2D eigenvalue weighted by molar-refractivity contribution is 5.94. The summed E-state index contributed by atoms with van der Waals surface area (Å²) in [5, 5.41) is 12.6. The predicted molar refractivity (Wildman–Crippen MR) is 105 cm³/mol. The summed E-state index contributed by atoms with van der Waals surface area (Å²) in [6.07, 6.45) is 5.00. The van der Waals surface area contributed by atoms with Crippen LogP contribution in [0.25, 0.3) is 22.0 Å². The zero-order valence-electron chi connectivity index (χ0n) is 14.6. The Morgan fingerprint density at radius 2 is 1.63 bits per heavy atom. The van der Waals surface area contributed by atoms with Crippen LogP contribution in [-0.2, 0) is 17.6 Å². The number of benzene rings is 2. The number of H-pyrrole nitrogens is 1. The fraction of sp³-hybridized carbons (Fsp3) is 0.136. The summed E-state index contributed by atoms with van der Waals surface area (Å²) in [5.41, 5.74) is 4.38. The third-order valence-corrected chi connectivity index (χ3v) is 5.19. The van der Waals surface area contributed by atoms with Crippen LogP contribution in [0.5, 0.6) is 0 Å². The van der Waals surface area contributed by atoms with Crippen LogP contribution in [0.2, 0.25) is 0 Å². The Balaban J connectivity index is 1.32. The van der Waals surface area contributed by atoms with Gasteiger partial charge in [-0.05, 0) is 46.9 Å². The molecule has 2 aromatic heterocycles. The van der Waals surface area contributed by atoms with E-state index in [4.69, 9.17) is 0 Å². The van der Waals surface area contributed by atoms with E-state index in [1.807, 2.05) is 30.3 Å². The molecule has 2 N–H and O–H groups in total. The highest BCUT2D eigenvalue weighted by Crippen LogP contribution is 2.31. The molecule has 0 atom stereocenters. The van der Waals surface area contributed by atoms with Crippen molar-refractivity contribution in [3.05, 3.63) is 78.1 Å². The molecule has 2 heterocycles. The number of fused-ring (bicyclic) bond motifs is 2. The molecule has 4 aromatic rings. The van der Waals surface area contributed by atoms with Crippen molar-refractivity contribution < 1.29 is 4.79 Å². The van der Waals surface area contributed by atoms with Crippen LogP contribution in [0.15, 0.2) is 67.0 Å². The van der Waals surface area contributed by atoms with Crippen molar-refractivity contribution in [1.82, 2.24) is 15.2 Å². The Bertz CT molecular complexity index is 1090. The molecule has 0 saturated heterocycles. The average Bonchev–Trinajstić information content (AvgIpc) is 3.33. The summed E-state index contributed by atoms with van der Waals surface area (Å²) >= 11 is 0. The van der Waals surface area contributed by atoms with Crippen LogP contribution in [0.3, 0.4) is 0 Å². The molecule has 132 valence electrons. The fourth-order valence-electron chi connectivity index (χ4n) is 3.80. The van der Waals surface area contributed by atoms with Gasteiger partial charge in [0.15, 0.2) is 5.82 Å². The molecule has 1 aliphatic rings. The maximum absolute atomic E-state index is 12.7. The van der Waals surface area contributed by atoms with E-state index in [0.717, 1.165) is 24.1 Å². The van der Waals surface area contributed by atoms with Gasteiger partial charge in [0, 0.05) is 29.9 Å². The molecule has 0 fully saturated rings. The van der Waals surface area contributed by atoms with Crippen molar-refractivity contribution >= 4 is 22.5 Å². The highest BCUT2D eigenvalue weighted by atomic mass is 16.2. The summed E-state index contributed by atoms with van der Waals surface area (Å²) in [4.78, 5) is 16.8. The van der Waals surface area contributed by atoms with Gasteiger partial charge in [0.2, 0.25) is 5.91 Å². The number of pyridine rings is 1. The van der Waals surface area contributed by atoms with Gasteiger partial charge >= 0.3 is 0 Å². The highest BCUT2D eigenvalue weighted by Gasteiger charge is 2.28. The van der Waals surface area contributed by atoms with Gasteiger partial charge < -0.3 is 5.32 Å². The van der Waals surface area contributed by atoms with Crippen LogP contribution < -0.4 is 5.32 Å². The van der Waals surface area contributed by atoms with E-state index >= 15 is 0 Å². The van der Waals surface area contributed by atoms with Crippen LogP contribution in [0.4, 0.5) is 5.82 Å². The topological polar surface area (TPSA) is 70.7 Å². The minimum Gasteiger partial charge on any atom is -0.309 e. The van der Waals surface area contributed by atoms with Crippen LogP contribution in [0.1, 0.15) is 11.1 Å². The lowest BCUT2D eigenvalue weighted by molar-refractivity contribution is -0.119. The quantitative estimate of drug-likeness (QED) is 0.585. The first-order valence-electron chi connectivity index (χ1n) is 9.03. The lowest BCUT2D eigenvalue weighted by Crippen LogP contribution is -2.23. The van der Waals surface area contributed by atoms with Gasteiger partial charge in [-0.25, -0.2) is 0 Å². The van der Waals surface area contributed by atoms with Gasteiger partial charge in [-0.1, -0.05) is 36.4 Å². The van der Waals surface area contributed by atoms with E-state index in [0.29, 0.717) is 5.82 Å².